The van der Waals surface area contributed by atoms with Gasteiger partial charge < -0.3 is 5.11 Å². The van der Waals surface area contributed by atoms with Gasteiger partial charge in [0.2, 0.25) is 0 Å². The van der Waals surface area contributed by atoms with Crippen molar-refractivity contribution in [3.8, 4) is 33.8 Å². The Bertz CT molecular complexity index is 1190. The second kappa shape index (κ2) is 8.91. The molecule has 150 valence electrons. The van der Waals surface area contributed by atoms with Crippen molar-refractivity contribution >= 4 is 34.6 Å². The zero-order valence-electron chi connectivity index (χ0n) is 16.3. The predicted molar refractivity (Wildman–Crippen MR) is 116 cm³/mol. The van der Waals surface area contributed by atoms with E-state index in [9.17, 15) is 20.0 Å². The van der Waals surface area contributed by atoms with Crippen molar-refractivity contribution in [1.29, 1.82) is 10.5 Å². The van der Waals surface area contributed by atoms with E-state index in [1.807, 2.05) is 31.3 Å². The summed E-state index contributed by atoms with van der Waals surface area (Å²) in [6.07, 6.45) is 2.47. The molecular formula is C22H17N3O3S2. The number of rotatable bonds is 6. The fraction of sp³-hybridized carbons (Fsp3) is 0.182. The molecule has 1 N–H and O–H groups in total. The van der Waals surface area contributed by atoms with Gasteiger partial charge >= 0.3 is 5.97 Å². The number of carboxylic acids is 1. The third-order valence-electron chi connectivity index (χ3n) is 4.57. The topological polar surface area (TPSA) is 105 Å². The number of aryl methyl sites for hydroxylation is 1. The van der Waals surface area contributed by atoms with Gasteiger partial charge in [0.05, 0.1) is 10.4 Å². The van der Waals surface area contributed by atoms with Crippen LogP contribution in [0.5, 0.6) is 0 Å². The van der Waals surface area contributed by atoms with E-state index >= 15 is 0 Å². The molecule has 8 heteroatoms. The summed E-state index contributed by atoms with van der Waals surface area (Å²) in [4.78, 5) is 27.4. The number of carboxylic acid groups (broad SMARTS) is 1. The number of aromatic carboxylic acids is 1. The molecule has 2 aromatic heterocycles. The number of hydrogen-bond acceptors (Lipinski definition) is 6. The van der Waals surface area contributed by atoms with Crippen LogP contribution in [0.4, 0.5) is 0 Å². The van der Waals surface area contributed by atoms with Gasteiger partial charge in [0.15, 0.2) is 6.19 Å². The molecular weight excluding hydrogens is 418 g/mol. The standard InChI is InChI=1S/C22H17N3O3S2/c1-3-16-15(11-23)19(20(30-16)22(27)28)14-7-5-13(6-8-14)17-9-10-18(29-17)21(26)25(4-2)12-24/h5-10H,3-4H2,1-2H3,(H,27,28). The van der Waals surface area contributed by atoms with Crippen LogP contribution in [0.25, 0.3) is 21.6 Å². The van der Waals surface area contributed by atoms with Gasteiger partial charge in [-0.3, -0.25) is 4.79 Å². The second-order valence-electron chi connectivity index (χ2n) is 6.27. The van der Waals surface area contributed by atoms with Crippen molar-refractivity contribution in [2.75, 3.05) is 6.54 Å². The molecule has 0 saturated heterocycles. The van der Waals surface area contributed by atoms with Crippen molar-refractivity contribution in [1.82, 2.24) is 4.90 Å². The largest absolute Gasteiger partial charge is 0.477 e. The van der Waals surface area contributed by atoms with Crippen molar-refractivity contribution in [3.63, 3.8) is 0 Å². The van der Waals surface area contributed by atoms with Gasteiger partial charge in [-0.25, -0.2) is 9.69 Å². The number of amides is 1. The molecule has 0 atom stereocenters. The van der Waals surface area contributed by atoms with Crippen LogP contribution < -0.4 is 0 Å². The Kier molecular flexibility index (Phi) is 6.31. The van der Waals surface area contributed by atoms with E-state index in [2.05, 4.69) is 6.07 Å². The minimum atomic E-state index is -1.05. The fourth-order valence-corrected chi connectivity index (χ4v) is 5.08. The van der Waals surface area contributed by atoms with Crippen molar-refractivity contribution in [3.05, 3.63) is 56.6 Å². The molecule has 6 nitrogen and oxygen atoms in total. The number of nitrogens with zero attached hydrogens (tertiary/aromatic N) is 3. The number of hydrogen-bond donors (Lipinski definition) is 1. The van der Waals surface area contributed by atoms with Gasteiger partial charge in [-0.1, -0.05) is 31.2 Å². The molecule has 3 aromatic rings. The van der Waals surface area contributed by atoms with Gasteiger partial charge in [-0.05, 0) is 36.6 Å². The van der Waals surface area contributed by atoms with Crippen LogP contribution in [0, 0.1) is 22.8 Å². The van der Waals surface area contributed by atoms with E-state index in [1.54, 1.807) is 25.1 Å². The molecule has 30 heavy (non-hydrogen) atoms. The lowest BCUT2D eigenvalue weighted by atomic mass is 9.98. The maximum atomic E-state index is 12.3. The quantitative estimate of drug-likeness (QED) is 0.422. The fourth-order valence-electron chi connectivity index (χ4n) is 3.07. The maximum absolute atomic E-state index is 12.3. The van der Waals surface area contributed by atoms with Gasteiger partial charge in [-0.2, -0.15) is 10.5 Å². The number of nitriles is 2. The van der Waals surface area contributed by atoms with Gasteiger partial charge in [0.1, 0.15) is 10.9 Å². The molecule has 0 unspecified atom stereocenters. The molecule has 3 rings (SSSR count). The molecule has 0 bridgehead atoms. The summed E-state index contributed by atoms with van der Waals surface area (Å²) in [6, 6.07) is 12.9. The van der Waals surface area contributed by atoms with Gasteiger partial charge in [0.25, 0.3) is 5.91 Å². The Hall–Kier alpha value is -3.46. The van der Waals surface area contributed by atoms with E-state index in [0.717, 1.165) is 31.6 Å². The van der Waals surface area contributed by atoms with Gasteiger partial charge in [-0.15, -0.1) is 22.7 Å². The van der Waals surface area contributed by atoms with E-state index in [4.69, 9.17) is 5.26 Å². The lowest BCUT2D eigenvalue weighted by Gasteiger charge is -2.08. The molecule has 0 fully saturated rings. The molecule has 0 radical (unpaired) electrons. The Morgan fingerprint density at radius 3 is 2.23 bits per heavy atom. The molecule has 0 aliphatic heterocycles. The first kappa shape index (κ1) is 21.3. The lowest BCUT2D eigenvalue weighted by Crippen LogP contribution is -2.24. The van der Waals surface area contributed by atoms with Crippen LogP contribution in [0.2, 0.25) is 0 Å². The highest BCUT2D eigenvalue weighted by Crippen LogP contribution is 2.38. The molecule has 1 amide bonds. The number of carbonyl (C=O) groups excluding carboxylic acids is 1. The second-order valence-corrected chi connectivity index (χ2v) is 8.45. The van der Waals surface area contributed by atoms with E-state index in [0.29, 0.717) is 34.5 Å². The van der Waals surface area contributed by atoms with Gasteiger partial charge in [0, 0.05) is 21.9 Å². The molecule has 0 aliphatic carbocycles. The van der Waals surface area contributed by atoms with Crippen LogP contribution in [0.1, 0.15) is 43.6 Å². The smallest absolute Gasteiger partial charge is 0.346 e. The summed E-state index contributed by atoms with van der Waals surface area (Å²) in [6.45, 7) is 3.95. The highest BCUT2D eigenvalue weighted by atomic mass is 32.1. The number of thiophene rings is 2. The third-order valence-corrected chi connectivity index (χ3v) is 7.01. The Morgan fingerprint density at radius 2 is 1.70 bits per heavy atom. The normalized spacial score (nSPS) is 10.3. The molecule has 0 spiro atoms. The zero-order chi connectivity index (χ0) is 21.8. The Labute approximate surface area is 181 Å². The first-order chi connectivity index (χ1) is 14.4. The minimum absolute atomic E-state index is 0.163. The summed E-state index contributed by atoms with van der Waals surface area (Å²) in [5.41, 5.74) is 2.39. The Morgan fingerprint density at radius 1 is 1.03 bits per heavy atom. The maximum Gasteiger partial charge on any atom is 0.346 e. The molecule has 0 saturated carbocycles. The SMILES string of the molecule is CCc1sc(C(=O)O)c(-c2ccc(-c3ccc(C(=O)N(C#N)CC)s3)cc2)c1C#N. The van der Waals surface area contributed by atoms with Crippen molar-refractivity contribution < 1.29 is 14.7 Å². The third kappa shape index (κ3) is 3.84. The monoisotopic (exact) mass is 435 g/mol. The van der Waals surface area contributed by atoms with E-state index in [1.165, 1.54) is 11.3 Å². The van der Waals surface area contributed by atoms with Crippen LogP contribution in [-0.2, 0) is 6.42 Å². The lowest BCUT2D eigenvalue weighted by molar-refractivity contribution is 0.0702. The van der Waals surface area contributed by atoms with Crippen molar-refractivity contribution in [2.45, 2.75) is 20.3 Å². The van der Waals surface area contributed by atoms with E-state index in [-0.39, 0.29) is 10.8 Å². The summed E-state index contributed by atoms with van der Waals surface area (Å²) in [5, 5.41) is 28.2. The average molecular weight is 436 g/mol. The molecule has 2 heterocycles. The van der Waals surface area contributed by atoms with Crippen LogP contribution in [0.3, 0.4) is 0 Å². The highest BCUT2D eigenvalue weighted by molar-refractivity contribution is 7.17. The number of carbonyl (C=O) groups is 2. The predicted octanol–water partition coefficient (Wildman–Crippen LogP) is 5.22. The number of benzene rings is 1. The van der Waals surface area contributed by atoms with Crippen LogP contribution in [-0.4, -0.2) is 28.4 Å². The Balaban J connectivity index is 1.97. The summed E-state index contributed by atoms with van der Waals surface area (Å²) >= 11 is 2.43. The average Bonchev–Trinajstić information content (AvgIpc) is 3.39. The van der Waals surface area contributed by atoms with Crippen LogP contribution in [0.15, 0.2) is 36.4 Å². The summed E-state index contributed by atoms with van der Waals surface area (Å²) in [5.74, 6) is -1.38. The first-order valence-corrected chi connectivity index (χ1v) is 10.8. The summed E-state index contributed by atoms with van der Waals surface area (Å²) < 4.78 is 0. The minimum Gasteiger partial charge on any atom is -0.477 e. The summed E-state index contributed by atoms with van der Waals surface area (Å²) in [7, 11) is 0. The molecule has 0 aliphatic rings. The first-order valence-electron chi connectivity index (χ1n) is 9.16. The highest BCUT2D eigenvalue weighted by Gasteiger charge is 2.23. The van der Waals surface area contributed by atoms with Crippen molar-refractivity contribution in [2.24, 2.45) is 0 Å². The van der Waals surface area contributed by atoms with E-state index < -0.39 is 5.97 Å². The molecule has 1 aromatic carbocycles. The van der Waals surface area contributed by atoms with Crippen LogP contribution >= 0.6 is 22.7 Å². The zero-order valence-corrected chi connectivity index (χ0v) is 17.9.